The average Bonchev–Trinajstić information content (AvgIpc) is 3.06. The Bertz CT molecular complexity index is 1090. The minimum Gasteiger partial charge on any atom is -0.438 e. The number of halogens is 1. The van der Waals surface area contributed by atoms with Gasteiger partial charge in [-0.25, -0.2) is 27.5 Å². The van der Waals surface area contributed by atoms with Crippen LogP contribution in [0.2, 0.25) is 0 Å². The average molecular weight is 391 g/mol. The van der Waals surface area contributed by atoms with E-state index in [1.54, 1.807) is 6.20 Å². The molecule has 1 aliphatic heterocycles. The van der Waals surface area contributed by atoms with Gasteiger partial charge < -0.3 is 10.1 Å². The molecule has 0 amide bonds. The SMILES string of the molecule is CS(=O)(=O)c1ccc(Oc2ncnc3c2cnn3C2CCNCC2)cc1F. The van der Waals surface area contributed by atoms with Gasteiger partial charge >= 0.3 is 0 Å². The molecule has 1 saturated heterocycles. The van der Waals surface area contributed by atoms with E-state index in [9.17, 15) is 12.8 Å². The van der Waals surface area contributed by atoms with Crippen molar-refractivity contribution in [2.75, 3.05) is 19.3 Å². The molecule has 0 saturated carbocycles. The van der Waals surface area contributed by atoms with Crippen molar-refractivity contribution in [2.24, 2.45) is 0 Å². The molecule has 1 N–H and O–H groups in total. The lowest BCUT2D eigenvalue weighted by Gasteiger charge is -2.23. The predicted octanol–water partition coefficient (Wildman–Crippen LogP) is 2.09. The lowest BCUT2D eigenvalue weighted by molar-refractivity contribution is 0.349. The van der Waals surface area contributed by atoms with Crippen molar-refractivity contribution in [3.8, 4) is 11.6 Å². The Morgan fingerprint density at radius 1 is 1.26 bits per heavy atom. The minimum atomic E-state index is -3.64. The molecule has 0 aliphatic carbocycles. The molecule has 2 aromatic heterocycles. The summed E-state index contributed by atoms with van der Waals surface area (Å²) in [7, 11) is -3.64. The summed E-state index contributed by atoms with van der Waals surface area (Å²) in [5, 5.41) is 8.36. The maximum atomic E-state index is 14.1. The standard InChI is InChI=1S/C17H18FN5O3S/c1-27(24,25)15-3-2-12(8-14(15)18)26-17-13-9-22-23(16(13)20-10-21-17)11-4-6-19-7-5-11/h2-3,8-11,19H,4-7H2,1H3. The monoisotopic (exact) mass is 391 g/mol. The molecule has 0 unspecified atom stereocenters. The summed E-state index contributed by atoms with van der Waals surface area (Å²) < 4.78 is 44.7. The van der Waals surface area contributed by atoms with Gasteiger partial charge in [0.15, 0.2) is 15.5 Å². The summed E-state index contributed by atoms with van der Waals surface area (Å²) in [5.74, 6) is -0.480. The number of aromatic nitrogens is 4. The zero-order valence-electron chi connectivity index (χ0n) is 14.6. The lowest BCUT2D eigenvalue weighted by Crippen LogP contribution is -2.29. The molecule has 0 bridgehead atoms. The second-order valence-electron chi connectivity index (χ2n) is 6.45. The fraction of sp³-hybridized carbons (Fsp3) is 0.353. The highest BCUT2D eigenvalue weighted by molar-refractivity contribution is 7.90. The number of ether oxygens (including phenoxy) is 1. The normalized spacial score (nSPS) is 15.9. The molecule has 0 atom stereocenters. The summed E-state index contributed by atoms with van der Waals surface area (Å²) >= 11 is 0. The van der Waals surface area contributed by atoms with E-state index in [4.69, 9.17) is 4.74 Å². The molecule has 3 aromatic rings. The van der Waals surface area contributed by atoms with Crippen molar-refractivity contribution < 1.29 is 17.5 Å². The summed E-state index contributed by atoms with van der Waals surface area (Å²) in [6.45, 7) is 1.85. The largest absolute Gasteiger partial charge is 0.438 e. The van der Waals surface area contributed by atoms with Crippen LogP contribution in [0.25, 0.3) is 11.0 Å². The number of hydrogen-bond acceptors (Lipinski definition) is 7. The number of benzene rings is 1. The molecule has 0 radical (unpaired) electrons. The maximum absolute atomic E-state index is 14.1. The smallest absolute Gasteiger partial charge is 0.233 e. The Morgan fingerprint density at radius 3 is 2.74 bits per heavy atom. The number of piperidine rings is 1. The van der Waals surface area contributed by atoms with Crippen LogP contribution in [0.1, 0.15) is 18.9 Å². The van der Waals surface area contributed by atoms with Crippen LogP contribution in [0.3, 0.4) is 0 Å². The Labute approximate surface area is 155 Å². The Kier molecular flexibility index (Phi) is 4.52. The molecule has 3 heterocycles. The van der Waals surface area contributed by atoms with Crippen molar-refractivity contribution in [1.82, 2.24) is 25.1 Å². The van der Waals surface area contributed by atoms with E-state index in [1.807, 2.05) is 4.68 Å². The Morgan fingerprint density at radius 2 is 2.04 bits per heavy atom. The number of sulfone groups is 1. The van der Waals surface area contributed by atoms with E-state index in [-0.39, 0.29) is 22.6 Å². The molecular formula is C17H18FN5O3S. The zero-order valence-corrected chi connectivity index (χ0v) is 15.4. The summed E-state index contributed by atoms with van der Waals surface area (Å²) in [4.78, 5) is 8.07. The van der Waals surface area contributed by atoms with Crippen LogP contribution in [0.15, 0.2) is 35.6 Å². The van der Waals surface area contributed by atoms with Crippen LogP contribution >= 0.6 is 0 Å². The van der Waals surface area contributed by atoms with Crippen molar-refractivity contribution in [3.63, 3.8) is 0 Å². The molecule has 142 valence electrons. The maximum Gasteiger partial charge on any atom is 0.233 e. The number of hydrogen-bond donors (Lipinski definition) is 1. The van der Waals surface area contributed by atoms with Gasteiger partial charge in [0, 0.05) is 12.3 Å². The Balaban J connectivity index is 1.67. The van der Waals surface area contributed by atoms with E-state index in [2.05, 4.69) is 20.4 Å². The van der Waals surface area contributed by atoms with Gasteiger partial charge in [0.1, 0.15) is 28.2 Å². The third-order valence-electron chi connectivity index (χ3n) is 4.53. The molecule has 1 aromatic carbocycles. The van der Waals surface area contributed by atoms with Crippen molar-refractivity contribution in [3.05, 3.63) is 36.5 Å². The van der Waals surface area contributed by atoms with E-state index in [1.165, 1.54) is 18.5 Å². The van der Waals surface area contributed by atoms with Gasteiger partial charge in [-0.1, -0.05) is 0 Å². The first-order valence-electron chi connectivity index (χ1n) is 8.50. The summed E-state index contributed by atoms with van der Waals surface area (Å²) in [5.41, 5.74) is 0.653. The number of fused-ring (bicyclic) bond motifs is 1. The molecule has 0 spiro atoms. The summed E-state index contributed by atoms with van der Waals surface area (Å²) in [6.07, 6.45) is 5.87. The van der Waals surface area contributed by atoms with E-state index < -0.39 is 15.7 Å². The van der Waals surface area contributed by atoms with Crippen molar-refractivity contribution >= 4 is 20.9 Å². The topological polar surface area (TPSA) is 99.0 Å². The minimum absolute atomic E-state index is 0.148. The number of nitrogens with zero attached hydrogens (tertiary/aromatic N) is 4. The van der Waals surface area contributed by atoms with Crippen LogP contribution in [-0.2, 0) is 9.84 Å². The fourth-order valence-electron chi connectivity index (χ4n) is 3.20. The quantitative estimate of drug-likeness (QED) is 0.727. The second-order valence-corrected chi connectivity index (χ2v) is 8.44. The van der Waals surface area contributed by atoms with Crippen molar-refractivity contribution in [1.29, 1.82) is 0 Å². The van der Waals surface area contributed by atoms with Crippen LogP contribution in [0.5, 0.6) is 11.6 Å². The molecule has 1 aliphatic rings. The highest BCUT2D eigenvalue weighted by Gasteiger charge is 2.21. The van der Waals surface area contributed by atoms with Crippen LogP contribution in [0.4, 0.5) is 4.39 Å². The van der Waals surface area contributed by atoms with E-state index >= 15 is 0 Å². The van der Waals surface area contributed by atoms with Gasteiger partial charge in [-0.3, -0.25) is 0 Å². The van der Waals surface area contributed by atoms with Crippen LogP contribution in [-0.4, -0.2) is 47.5 Å². The molecule has 8 nitrogen and oxygen atoms in total. The highest BCUT2D eigenvalue weighted by Crippen LogP contribution is 2.30. The van der Waals surface area contributed by atoms with Gasteiger partial charge in [0.2, 0.25) is 5.88 Å². The second kappa shape index (κ2) is 6.86. The number of rotatable bonds is 4. The molecule has 1 fully saturated rings. The molecule has 27 heavy (non-hydrogen) atoms. The van der Waals surface area contributed by atoms with Gasteiger partial charge in [-0.2, -0.15) is 5.10 Å². The first kappa shape index (κ1) is 17.8. The predicted molar refractivity (Wildman–Crippen MR) is 96.0 cm³/mol. The third-order valence-corrected chi connectivity index (χ3v) is 5.66. The first-order valence-corrected chi connectivity index (χ1v) is 10.4. The zero-order chi connectivity index (χ0) is 19.0. The first-order chi connectivity index (χ1) is 12.9. The lowest BCUT2D eigenvalue weighted by atomic mass is 10.1. The van der Waals surface area contributed by atoms with Crippen LogP contribution in [0, 0.1) is 5.82 Å². The molecular weight excluding hydrogens is 373 g/mol. The molecule has 4 rings (SSSR count). The number of nitrogens with one attached hydrogen (secondary N) is 1. The van der Waals surface area contributed by atoms with Gasteiger partial charge in [-0.05, 0) is 38.1 Å². The fourth-order valence-corrected chi connectivity index (χ4v) is 3.93. The van der Waals surface area contributed by atoms with Gasteiger partial charge in [0.25, 0.3) is 0 Å². The summed E-state index contributed by atoms with van der Waals surface area (Å²) in [6, 6.07) is 3.85. The van der Waals surface area contributed by atoms with E-state index in [0.717, 1.165) is 38.3 Å². The van der Waals surface area contributed by atoms with Crippen LogP contribution < -0.4 is 10.1 Å². The Hall–Kier alpha value is -2.59. The molecule has 10 heteroatoms. The van der Waals surface area contributed by atoms with Gasteiger partial charge in [0.05, 0.1) is 12.2 Å². The highest BCUT2D eigenvalue weighted by atomic mass is 32.2. The van der Waals surface area contributed by atoms with Crippen molar-refractivity contribution in [2.45, 2.75) is 23.8 Å². The third kappa shape index (κ3) is 3.50. The van der Waals surface area contributed by atoms with Gasteiger partial charge in [-0.15, -0.1) is 0 Å². The van der Waals surface area contributed by atoms with E-state index in [0.29, 0.717) is 11.0 Å².